The number of carbonyl (C=O) groups is 2. The first-order chi connectivity index (χ1) is 12.3. The van der Waals surface area contributed by atoms with E-state index in [0.717, 1.165) is 19.3 Å². The van der Waals surface area contributed by atoms with Crippen LogP contribution < -0.4 is 10.6 Å². The van der Waals surface area contributed by atoms with Crippen molar-refractivity contribution in [2.24, 2.45) is 0 Å². The van der Waals surface area contributed by atoms with E-state index in [2.05, 4.69) is 10.6 Å². The van der Waals surface area contributed by atoms with Gasteiger partial charge in [-0.1, -0.05) is 13.0 Å². The minimum Gasteiger partial charge on any atom is -0.352 e. The molecule has 7 nitrogen and oxygen atoms in total. The number of hydrogen-bond acceptors (Lipinski definition) is 4. The molecule has 2 amide bonds. The van der Waals surface area contributed by atoms with Crippen LogP contribution in [-0.4, -0.2) is 49.7 Å². The molecule has 1 saturated heterocycles. The summed E-state index contributed by atoms with van der Waals surface area (Å²) in [5.41, 5.74) is 0.216. The van der Waals surface area contributed by atoms with Crippen molar-refractivity contribution in [3.63, 3.8) is 0 Å². The standard InChI is InChI=1S/C18H27N3O4S/c1-4-13(2)19-17(22)14(3)20-18(23)15-8-7-9-16(12-15)26(24,25)21-10-5-6-11-21/h7-9,12-14H,4-6,10-11H2,1-3H3,(H,19,22)(H,20,23). The molecule has 144 valence electrons. The molecule has 2 unspecified atom stereocenters. The molecule has 1 aromatic rings. The Hall–Kier alpha value is -1.93. The van der Waals surface area contributed by atoms with Crippen molar-refractivity contribution in [2.45, 2.75) is 57.0 Å². The molecule has 1 fully saturated rings. The molecular formula is C18H27N3O4S. The van der Waals surface area contributed by atoms with Gasteiger partial charge in [-0.2, -0.15) is 4.31 Å². The zero-order chi connectivity index (χ0) is 19.3. The van der Waals surface area contributed by atoms with E-state index in [0.29, 0.717) is 13.1 Å². The summed E-state index contributed by atoms with van der Waals surface area (Å²) in [4.78, 5) is 24.6. The van der Waals surface area contributed by atoms with Gasteiger partial charge in [-0.15, -0.1) is 0 Å². The summed E-state index contributed by atoms with van der Waals surface area (Å²) in [5.74, 6) is -0.746. The van der Waals surface area contributed by atoms with E-state index in [1.54, 1.807) is 13.0 Å². The molecule has 1 aliphatic rings. The van der Waals surface area contributed by atoms with E-state index in [1.807, 2.05) is 13.8 Å². The highest BCUT2D eigenvalue weighted by Crippen LogP contribution is 2.21. The molecular weight excluding hydrogens is 354 g/mol. The Morgan fingerprint density at radius 1 is 1.15 bits per heavy atom. The maximum Gasteiger partial charge on any atom is 0.251 e. The number of hydrogen-bond donors (Lipinski definition) is 2. The Balaban J connectivity index is 2.09. The zero-order valence-corrected chi connectivity index (χ0v) is 16.3. The Morgan fingerprint density at radius 3 is 2.42 bits per heavy atom. The Morgan fingerprint density at radius 2 is 1.81 bits per heavy atom. The molecule has 1 heterocycles. The molecule has 8 heteroatoms. The Kier molecular flexibility index (Phi) is 6.77. The molecule has 26 heavy (non-hydrogen) atoms. The van der Waals surface area contributed by atoms with Gasteiger partial charge in [-0.25, -0.2) is 8.42 Å². The van der Waals surface area contributed by atoms with Crippen LogP contribution in [0.5, 0.6) is 0 Å². The van der Waals surface area contributed by atoms with Crippen LogP contribution in [0.15, 0.2) is 29.2 Å². The molecule has 0 aromatic heterocycles. The van der Waals surface area contributed by atoms with Gasteiger partial charge in [0.1, 0.15) is 6.04 Å². The van der Waals surface area contributed by atoms with Crippen LogP contribution >= 0.6 is 0 Å². The molecule has 1 aliphatic heterocycles. The number of nitrogens with zero attached hydrogens (tertiary/aromatic N) is 1. The lowest BCUT2D eigenvalue weighted by Gasteiger charge is -2.18. The van der Waals surface area contributed by atoms with Crippen molar-refractivity contribution in [1.82, 2.24) is 14.9 Å². The second kappa shape index (κ2) is 8.64. The highest BCUT2D eigenvalue weighted by Gasteiger charge is 2.28. The SMILES string of the molecule is CCC(C)NC(=O)C(C)NC(=O)c1cccc(S(=O)(=O)N2CCCC2)c1. The number of amides is 2. The topological polar surface area (TPSA) is 95.6 Å². The summed E-state index contributed by atoms with van der Waals surface area (Å²) in [6.45, 7) is 6.46. The van der Waals surface area contributed by atoms with Gasteiger partial charge in [0.25, 0.3) is 5.91 Å². The van der Waals surface area contributed by atoms with Gasteiger partial charge < -0.3 is 10.6 Å². The third kappa shape index (κ3) is 4.82. The minimum absolute atomic E-state index is 0.0239. The molecule has 0 bridgehead atoms. The van der Waals surface area contributed by atoms with Crippen molar-refractivity contribution in [3.05, 3.63) is 29.8 Å². The quantitative estimate of drug-likeness (QED) is 0.748. The van der Waals surface area contributed by atoms with E-state index >= 15 is 0 Å². The highest BCUT2D eigenvalue weighted by molar-refractivity contribution is 7.89. The molecule has 0 radical (unpaired) electrons. The lowest BCUT2D eigenvalue weighted by Crippen LogP contribution is -2.47. The fraction of sp³-hybridized carbons (Fsp3) is 0.556. The van der Waals surface area contributed by atoms with E-state index in [4.69, 9.17) is 0 Å². The van der Waals surface area contributed by atoms with Gasteiger partial charge in [0.05, 0.1) is 4.90 Å². The number of rotatable bonds is 7. The lowest BCUT2D eigenvalue weighted by atomic mass is 10.2. The number of benzene rings is 1. The molecule has 0 spiro atoms. The van der Waals surface area contributed by atoms with E-state index in [1.165, 1.54) is 22.5 Å². The lowest BCUT2D eigenvalue weighted by molar-refractivity contribution is -0.123. The maximum atomic E-state index is 12.6. The second-order valence-electron chi connectivity index (χ2n) is 6.65. The maximum absolute atomic E-state index is 12.6. The van der Waals surface area contributed by atoms with Gasteiger partial charge in [0.2, 0.25) is 15.9 Å². The summed E-state index contributed by atoms with van der Waals surface area (Å²) in [5, 5.41) is 5.42. The first-order valence-corrected chi connectivity index (χ1v) is 10.4. The Labute approximate surface area is 155 Å². The van der Waals surface area contributed by atoms with Crippen LogP contribution in [0.4, 0.5) is 0 Å². The average Bonchev–Trinajstić information content (AvgIpc) is 3.17. The summed E-state index contributed by atoms with van der Waals surface area (Å²) in [7, 11) is -3.58. The molecule has 2 atom stereocenters. The van der Waals surface area contributed by atoms with Crippen molar-refractivity contribution < 1.29 is 18.0 Å². The van der Waals surface area contributed by atoms with Gasteiger partial charge in [-0.3, -0.25) is 9.59 Å². The normalized spacial score (nSPS) is 17.5. The van der Waals surface area contributed by atoms with Gasteiger partial charge in [0, 0.05) is 24.7 Å². The fourth-order valence-corrected chi connectivity index (χ4v) is 4.25. The fourth-order valence-electron chi connectivity index (χ4n) is 2.69. The molecule has 0 aliphatic carbocycles. The van der Waals surface area contributed by atoms with E-state index < -0.39 is 22.0 Å². The largest absolute Gasteiger partial charge is 0.352 e. The number of sulfonamides is 1. The molecule has 0 saturated carbocycles. The third-order valence-corrected chi connectivity index (χ3v) is 6.44. The van der Waals surface area contributed by atoms with Crippen molar-refractivity contribution >= 4 is 21.8 Å². The smallest absolute Gasteiger partial charge is 0.251 e. The molecule has 1 aromatic carbocycles. The molecule has 2 N–H and O–H groups in total. The predicted molar refractivity (Wildman–Crippen MR) is 99.3 cm³/mol. The van der Waals surface area contributed by atoms with Crippen LogP contribution in [0.2, 0.25) is 0 Å². The van der Waals surface area contributed by atoms with E-state index in [9.17, 15) is 18.0 Å². The van der Waals surface area contributed by atoms with Crippen molar-refractivity contribution in [1.29, 1.82) is 0 Å². The molecule has 2 rings (SSSR count). The van der Waals surface area contributed by atoms with Crippen LogP contribution in [0.3, 0.4) is 0 Å². The van der Waals surface area contributed by atoms with Crippen molar-refractivity contribution in [3.8, 4) is 0 Å². The van der Waals surface area contributed by atoms with Gasteiger partial charge >= 0.3 is 0 Å². The average molecular weight is 381 g/mol. The van der Waals surface area contributed by atoms with Gasteiger partial charge in [0.15, 0.2) is 0 Å². The van der Waals surface area contributed by atoms with Crippen LogP contribution in [0, 0.1) is 0 Å². The van der Waals surface area contributed by atoms with Gasteiger partial charge in [-0.05, 0) is 51.3 Å². The summed E-state index contributed by atoms with van der Waals surface area (Å²) in [6, 6.07) is 5.25. The monoisotopic (exact) mass is 381 g/mol. The summed E-state index contributed by atoms with van der Waals surface area (Å²) < 4.78 is 26.7. The van der Waals surface area contributed by atoms with E-state index in [-0.39, 0.29) is 22.4 Å². The second-order valence-corrected chi connectivity index (χ2v) is 8.59. The highest BCUT2D eigenvalue weighted by atomic mass is 32.2. The summed E-state index contributed by atoms with van der Waals surface area (Å²) >= 11 is 0. The Bertz CT molecular complexity index is 757. The first-order valence-electron chi connectivity index (χ1n) is 8.97. The third-order valence-electron chi connectivity index (χ3n) is 4.54. The predicted octanol–water partition coefficient (Wildman–Crippen LogP) is 1.50. The van der Waals surface area contributed by atoms with Crippen LogP contribution in [0.1, 0.15) is 50.4 Å². The zero-order valence-electron chi connectivity index (χ0n) is 15.5. The summed E-state index contributed by atoms with van der Waals surface area (Å²) in [6.07, 6.45) is 2.49. The number of carbonyl (C=O) groups excluding carboxylic acids is 2. The van der Waals surface area contributed by atoms with Crippen molar-refractivity contribution in [2.75, 3.05) is 13.1 Å². The first kappa shape index (κ1) is 20.4. The van der Waals surface area contributed by atoms with Crippen LogP contribution in [0.25, 0.3) is 0 Å². The number of nitrogens with one attached hydrogen (secondary N) is 2. The minimum atomic E-state index is -3.58. The van der Waals surface area contributed by atoms with Crippen LogP contribution in [-0.2, 0) is 14.8 Å².